The number of carbonyl (C=O) groups excluding carboxylic acids is 1. The molecule has 0 aromatic heterocycles. The second-order valence-electron chi connectivity index (χ2n) is 7.26. The van der Waals surface area contributed by atoms with Gasteiger partial charge in [0, 0.05) is 6.54 Å². The highest BCUT2D eigenvalue weighted by molar-refractivity contribution is 5.98. The van der Waals surface area contributed by atoms with Gasteiger partial charge in [-0.1, -0.05) is 29.8 Å². The molecule has 0 aliphatic carbocycles. The largest absolute Gasteiger partial charge is 0.493 e. The first-order chi connectivity index (χ1) is 14.1. The van der Waals surface area contributed by atoms with E-state index in [9.17, 15) is 4.79 Å². The van der Waals surface area contributed by atoms with Crippen molar-refractivity contribution >= 4 is 5.91 Å². The van der Waals surface area contributed by atoms with Crippen LogP contribution in [0.4, 0.5) is 0 Å². The Balaban J connectivity index is 1.80. The zero-order valence-corrected chi connectivity index (χ0v) is 17.7. The first-order valence-electron chi connectivity index (χ1n) is 9.96. The fraction of sp³-hybridized carbons (Fsp3) is 0.435. The van der Waals surface area contributed by atoms with Crippen LogP contribution in [-0.2, 0) is 0 Å². The molecule has 1 unspecified atom stereocenters. The molecule has 29 heavy (non-hydrogen) atoms. The second kappa shape index (κ2) is 9.65. The molecule has 156 valence electrons. The third-order valence-electron chi connectivity index (χ3n) is 5.45. The van der Waals surface area contributed by atoms with Crippen LogP contribution in [0.1, 0.15) is 40.4 Å². The number of carbonyl (C=O) groups is 1. The molecule has 3 rings (SSSR count). The van der Waals surface area contributed by atoms with E-state index in [0.717, 1.165) is 13.1 Å². The normalized spacial score (nSPS) is 15.0. The van der Waals surface area contributed by atoms with Gasteiger partial charge in [0.2, 0.25) is 5.75 Å². The van der Waals surface area contributed by atoms with Gasteiger partial charge in [-0.3, -0.25) is 9.69 Å². The van der Waals surface area contributed by atoms with Crippen molar-refractivity contribution in [2.45, 2.75) is 25.8 Å². The molecular weight excluding hydrogens is 368 g/mol. The van der Waals surface area contributed by atoms with E-state index in [2.05, 4.69) is 41.4 Å². The van der Waals surface area contributed by atoms with Crippen LogP contribution in [0.3, 0.4) is 0 Å². The van der Waals surface area contributed by atoms with Crippen molar-refractivity contribution in [1.82, 2.24) is 10.2 Å². The third kappa shape index (κ3) is 4.65. The van der Waals surface area contributed by atoms with Gasteiger partial charge in [0.05, 0.1) is 32.9 Å². The Morgan fingerprint density at radius 2 is 1.62 bits per heavy atom. The molecule has 6 nitrogen and oxygen atoms in total. The number of methoxy groups -OCH3 is 3. The lowest BCUT2D eigenvalue weighted by Gasteiger charge is -2.28. The minimum atomic E-state index is -0.195. The number of amides is 1. The Bertz CT molecular complexity index is 830. The first-order valence-corrected chi connectivity index (χ1v) is 9.96. The van der Waals surface area contributed by atoms with Gasteiger partial charge in [0.1, 0.15) is 0 Å². The number of hydrogen-bond acceptors (Lipinski definition) is 5. The van der Waals surface area contributed by atoms with Crippen molar-refractivity contribution in [1.29, 1.82) is 0 Å². The summed E-state index contributed by atoms with van der Waals surface area (Å²) >= 11 is 0. The molecule has 0 radical (unpaired) electrons. The summed E-state index contributed by atoms with van der Waals surface area (Å²) in [6.07, 6.45) is 2.39. The number of nitrogens with one attached hydrogen (secondary N) is 1. The molecule has 1 aliphatic heterocycles. The number of nitrogens with zero attached hydrogens (tertiary/aromatic N) is 1. The van der Waals surface area contributed by atoms with Gasteiger partial charge in [0.15, 0.2) is 11.5 Å². The van der Waals surface area contributed by atoms with Gasteiger partial charge in [-0.15, -0.1) is 0 Å². The predicted molar refractivity (Wildman–Crippen MR) is 113 cm³/mol. The minimum Gasteiger partial charge on any atom is -0.493 e. The lowest BCUT2D eigenvalue weighted by Crippen LogP contribution is -2.37. The van der Waals surface area contributed by atoms with E-state index < -0.39 is 0 Å². The standard InChI is InChI=1S/C23H30N2O4/c1-16-7-9-17(10-8-16)19(25-13-5-6-14-25)15-24-23(26)18-11-12-20(27-2)22(29-4)21(18)28-3/h7-12,19H,5-6,13-15H2,1-4H3,(H,24,26). The van der Waals surface area contributed by atoms with Crippen molar-refractivity contribution < 1.29 is 19.0 Å². The van der Waals surface area contributed by atoms with Crippen LogP contribution in [-0.4, -0.2) is 51.8 Å². The predicted octanol–water partition coefficient (Wildman–Crippen LogP) is 3.59. The molecule has 1 aliphatic rings. The van der Waals surface area contributed by atoms with Crippen molar-refractivity contribution in [3.63, 3.8) is 0 Å². The van der Waals surface area contributed by atoms with Gasteiger partial charge in [-0.25, -0.2) is 0 Å². The Labute approximate surface area is 172 Å². The summed E-state index contributed by atoms with van der Waals surface area (Å²) in [5.74, 6) is 1.12. The number of ether oxygens (including phenoxy) is 3. The maximum Gasteiger partial charge on any atom is 0.255 e. The van der Waals surface area contributed by atoms with Crippen LogP contribution < -0.4 is 19.5 Å². The summed E-state index contributed by atoms with van der Waals surface area (Å²) in [6.45, 7) is 4.71. The topological polar surface area (TPSA) is 60.0 Å². The van der Waals surface area contributed by atoms with Gasteiger partial charge >= 0.3 is 0 Å². The Hall–Kier alpha value is -2.73. The monoisotopic (exact) mass is 398 g/mol. The number of hydrogen-bond donors (Lipinski definition) is 1. The molecule has 1 fully saturated rings. The number of benzene rings is 2. The van der Waals surface area contributed by atoms with E-state index in [1.165, 1.54) is 38.2 Å². The number of aryl methyl sites for hydroxylation is 1. The van der Waals surface area contributed by atoms with Crippen molar-refractivity contribution in [2.24, 2.45) is 0 Å². The molecule has 6 heteroatoms. The zero-order chi connectivity index (χ0) is 20.8. The van der Waals surface area contributed by atoms with E-state index in [0.29, 0.717) is 29.4 Å². The molecule has 2 aromatic rings. The molecule has 1 saturated heterocycles. The summed E-state index contributed by atoms with van der Waals surface area (Å²) in [5, 5.41) is 3.10. The quantitative estimate of drug-likeness (QED) is 0.736. The van der Waals surface area contributed by atoms with E-state index in [1.54, 1.807) is 19.2 Å². The maximum absolute atomic E-state index is 13.0. The van der Waals surface area contributed by atoms with Crippen LogP contribution in [0.2, 0.25) is 0 Å². The van der Waals surface area contributed by atoms with Gasteiger partial charge in [-0.2, -0.15) is 0 Å². The average Bonchev–Trinajstić information content (AvgIpc) is 3.28. The molecule has 0 bridgehead atoms. The van der Waals surface area contributed by atoms with Gasteiger partial charge in [0.25, 0.3) is 5.91 Å². The highest BCUT2D eigenvalue weighted by Crippen LogP contribution is 2.39. The van der Waals surface area contributed by atoms with Crippen molar-refractivity contribution in [2.75, 3.05) is 41.0 Å². The lowest BCUT2D eigenvalue weighted by molar-refractivity contribution is 0.0934. The first kappa shape index (κ1) is 21.0. The second-order valence-corrected chi connectivity index (χ2v) is 7.26. The highest BCUT2D eigenvalue weighted by Gasteiger charge is 2.26. The fourth-order valence-corrected chi connectivity index (χ4v) is 3.86. The molecule has 1 N–H and O–H groups in total. The summed E-state index contributed by atoms with van der Waals surface area (Å²) < 4.78 is 16.2. The van der Waals surface area contributed by atoms with Crippen molar-refractivity contribution in [3.8, 4) is 17.2 Å². The summed E-state index contributed by atoms with van der Waals surface area (Å²) in [4.78, 5) is 15.4. The Morgan fingerprint density at radius 3 is 2.21 bits per heavy atom. The maximum atomic E-state index is 13.0. The lowest BCUT2D eigenvalue weighted by atomic mass is 10.0. The SMILES string of the molecule is COc1ccc(C(=O)NCC(c2ccc(C)cc2)N2CCCC2)c(OC)c1OC. The van der Waals surface area contributed by atoms with E-state index in [4.69, 9.17) is 14.2 Å². The smallest absolute Gasteiger partial charge is 0.255 e. The number of likely N-dealkylation sites (tertiary alicyclic amines) is 1. The minimum absolute atomic E-state index is 0.146. The van der Waals surface area contributed by atoms with Crippen LogP contribution in [0.15, 0.2) is 36.4 Å². The van der Waals surface area contributed by atoms with Crippen LogP contribution in [0, 0.1) is 6.92 Å². The molecule has 1 heterocycles. The third-order valence-corrected chi connectivity index (χ3v) is 5.45. The van der Waals surface area contributed by atoms with Gasteiger partial charge in [-0.05, 0) is 50.6 Å². The van der Waals surface area contributed by atoms with E-state index >= 15 is 0 Å². The molecular formula is C23H30N2O4. The summed E-state index contributed by atoms with van der Waals surface area (Å²) in [7, 11) is 4.61. The van der Waals surface area contributed by atoms with Gasteiger partial charge < -0.3 is 19.5 Å². The average molecular weight is 399 g/mol. The summed E-state index contributed by atoms with van der Waals surface area (Å²) in [5.41, 5.74) is 2.87. The highest BCUT2D eigenvalue weighted by atomic mass is 16.5. The molecule has 2 aromatic carbocycles. The summed E-state index contributed by atoms with van der Waals surface area (Å²) in [6, 6.07) is 12.1. The van der Waals surface area contributed by atoms with E-state index in [-0.39, 0.29) is 11.9 Å². The molecule has 1 atom stereocenters. The van der Waals surface area contributed by atoms with Crippen LogP contribution in [0.5, 0.6) is 17.2 Å². The molecule has 1 amide bonds. The molecule has 0 saturated carbocycles. The number of rotatable bonds is 8. The Kier molecular flexibility index (Phi) is 6.99. The fourth-order valence-electron chi connectivity index (χ4n) is 3.86. The van der Waals surface area contributed by atoms with Crippen molar-refractivity contribution in [3.05, 3.63) is 53.1 Å². The van der Waals surface area contributed by atoms with Crippen LogP contribution >= 0.6 is 0 Å². The van der Waals surface area contributed by atoms with E-state index in [1.807, 2.05) is 0 Å². The zero-order valence-electron chi connectivity index (χ0n) is 17.7. The molecule has 0 spiro atoms. The van der Waals surface area contributed by atoms with Crippen LogP contribution in [0.25, 0.3) is 0 Å². The Morgan fingerprint density at radius 1 is 0.966 bits per heavy atom.